The van der Waals surface area contributed by atoms with Crippen molar-refractivity contribution < 1.29 is 0 Å². The van der Waals surface area contributed by atoms with Gasteiger partial charge in [-0.2, -0.15) is 0 Å². The highest BCUT2D eigenvalue weighted by Gasteiger charge is 2.15. The van der Waals surface area contributed by atoms with Crippen LogP contribution in [0.4, 0.5) is 0 Å². The summed E-state index contributed by atoms with van der Waals surface area (Å²) in [6.45, 7) is 0. The number of H-pyrrole nitrogens is 1. The maximum absolute atomic E-state index is 12.6. The van der Waals surface area contributed by atoms with E-state index in [-0.39, 0.29) is 5.56 Å². The van der Waals surface area contributed by atoms with E-state index in [1.54, 1.807) is 24.5 Å². The maximum Gasteiger partial charge on any atom is 0.260 e. The van der Waals surface area contributed by atoms with Gasteiger partial charge in [0, 0.05) is 33.9 Å². The smallest absolute Gasteiger partial charge is 0.260 e. The highest BCUT2D eigenvalue weighted by molar-refractivity contribution is 7.17. The molecule has 0 spiro atoms. The van der Waals surface area contributed by atoms with Crippen LogP contribution in [-0.4, -0.2) is 19.9 Å². The first-order valence-electron chi connectivity index (χ1n) is 6.78. The summed E-state index contributed by atoms with van der Waals surface area (Å²) in [7, 11) is 0. The molecule has 0 unspecified atom stereocenters. The lowest BCUT2D eigenvalue weighted by atomic mass is 10.1. The molecule has 1 N–H and O–H groups in total. The van der Waals surface area contributed by atoms with Gasteiger partial charge in [0.15, 0.2) is 11.6 Å². The molecule has 3 aromatic heterocycles. The van der Waals surface area contributed by atoms with Crippen molar-refractivity contribution in [2.24, 2.45) is 0 Å². The van der Waals surface area contributed by atoms with Crippen LogP contribution in [0, 0.1) is 0 Å². The van der Waals surface area contributed by atoms with E-state index in [0.29, 0.717) is 26.9 Å². The van der Waals surface area contributed by atoms with E-state index in [1.807, 2.05) is 23.6 Å². The lowest BCUT2D eigenvalue weighted by Crippen LogP contribution is -2.10. The highest BCUT2D eigenvalue weighted by Crippen LogP contribution is 2.35. The first-order valence-corrected chi connectivity index (χ1v) is 8.03. The van der Waals surface area contributed by atoms with Crippen molar-refractivity contribution in [2.75, 3.05) is 0 Å². The zero-order valence-electron chi connectivity index (χ0n) is 11.7. The summed E-state index contributed by atoms with van der Waals surface area (Å²) in [6.07, 6.45) is 3.21. The summed E-state index contributed by atoms with van der Waals surface area (Å²) in [5.74, 6) is 0.745. The van der Waals surface area contributed by atoms with Crippen LogP contribution < -0.4 is 5.56 Å². The van der Waals surface area contributed by atoms with Crippen LogP contribution in [0.3, 0.4) is 0 Å². The first kappa shape index (κ1) is 14.0. The van der Waals surface area contributed by atoms with Gasteiger partial charge in [-0.15, -0.1) is 11.3 Å². The second kappa shape index (κ2) is 5.57. The molecule has 4 aromatic rings. The van der Waals surface area contributed by atoms with Crippen LogP contribution >= 0.6 is 22.9 Å². The van der Waals surface area contributed by atoms with Gasteiger partial charge in [0.2, 0.25) is 0 Å². The number of benzene rings is 1. The average Bonchev–Trinajstić information content (AvgIpc) is 3.00. The van der Waals surface area contributed by atoms with E-state index in [9.17, 15) is 4.79 Å². The fraction of sp³-hybridized carbons (Fsp3) is 0. The number of halogens is 1. The molecule has 0 radical (unpaired) electrons. The third kappa shape index (κ3) is 2.42. The van der Waals surface area contributed by atoms with Gasteiger partial charge in [0.25, 0.3) is 5.56 Å². The number of fused-ring (bicyclic) bond motifs is 1. The SMILES string of the molecule is O=c1[nH]c(-c2ncccn2)nc2scc(-c3ccccc3Cl)c12. The molecule has 0 saturated heterocycles. The number of aromatic amines is 1. The molecule has 3 heterocycles. The highest BCUT2D eigenvalue weighted by atomic mass is 35.5. The van der Waals surface area contributed by atoms with E-state index in [0.717, 1.165) is 11.1 Å². The molecule has 23 heavy (non-hydrogen) atoms. The minimum absolute atomic E-state index is 0.228. The Hall–Kier alpha value is -2.57. The molecule has 0 aliphatic carbocycles. The lowest BCUT2D eigenvalue weighted by Gasteiger charge is -2.03. The van der Waals surface area contributed by atoms with Gasteiger partial charge in [-0.1, -0.05) is 29.8 Å². The molecule has 0 aliphatic rings. The van der Waals surface area contributed by atoms with Crippen LogP contribution in [0.2, 0.25) is 5.02 Å². The summed E-state index contributed by atoms with van der Waals surface area (Å²) in [5.41, 5.74) is 1.37. The number of hydrogen-bond donors (Lipinski definition) is 1. The molecular formula is C16H9ClN4OS. The Morgan fingerprint density at radius 3 is 2.61 bits per heavy atom. The number of nitrogens with zero attached hydrogens (tertiary/aromatic N) is 3. The second-order valence-corrected chi connectivity index (χ2v) is 6.06. The number of hydrogen-bond acceptors (Lipinski definition) is 5. The summed E-state index contributed by atoms with van der Waals surface area (Å²) in [5, 5.41) is 3.02. The topological polar surface area (TPSA) is 71.5 Å². The Labute approximate surface area is 139 Å². The zero-order valence-corrected chi connectivity index (χ0v) is 13.2. The Kier molecular flexibility index (Phi) is 3.40. The van der Waals surface area contributed by atoms with Crippen molar-refractivity contribution in [2.45, 2.75) is 0 Å². The van der Waals surface area contributed by atoms with Crippen molar-refractivity contribution in [1.82, 2.24) is 19.9 Å². The third-order valence-electron chi connectivity index (χ3n) is 3.39. The van der Waals surface area contributed by atoms with Gasteiger partial charge in [0.1, 0.15) is 4.83 Å². The molecule has 5 nitrogen and oxygen atoms in total. The molecule has 0 amide bonds. The Morgan fingerprint density at radius 1 is 1.04 bits per heavy atom. The van der Waals surface area contributed by atoms with Gasteiger partial charge >= 0.3 is 0 Å². The minimum Gasteiger partial charge on any atom is -0.303 e. The minimum atomic E-state index is -0.228. The Balaban J connectivity index is 1.95. The molecule has 0 atom stereocenters. The van der Waals surface area contributed by atoms with E-state index < -0.39 is 0 Å². The predicted molar refractivity (Wildman–Crippen MR) is 91.7 cm³/mol. The molecule has 1 aromatic carbocycles. The average molecular weight is 341 g/mol. The van der Waals surface area contributed by atoms with Crippen LogP contribution in [0.1, 0.15) is 0 Å². The summed E-state index contributed by atoms with van der Waals surface area (Å²) < 4.78 is 0. The molecule has 7 heteroatoms. The number of thiophene rings is 1. The van der Waals surface area contributed by atoms with E-state index in [1.165, 1.54) is 11.3 Å². The molecule has 0 aliphatic heterocycles. The monoisotopic (exact) mass is 340 g/mol. The zero-order chi connectivity index (χ0) is 15.8. The number of rotatable bonds is 2. The normalized spacial score (nSPS) is 11.0. The van der Waals surface area contributed by atoms with Gasteiger partial charge < -0.3 is 4.98 Å². The van der Waals surface area contributed by atoms with Crippen molar-refractivity contribution in [3.63, 3.8) is 0 Å². The molecule has 0 saturated carbocycles. The lowest BCUT2D eigenvalue weighted by molar-refractivity contribution is 1.09. The van der Waals surface area contributed by atoms with E-state index >= 15 is 0 Å². The molecule has 112 valence electrons. The Morgan fingerprint density at radius 2 is 1.83 bits per heavy atom. The van der Waals surface area contributed by atoms with Crippen molar-refractivity contribution in [3.8, 4) is 22.8 Å². The van der Waals surface area contributed by atoms with Crippen LogP contribution in [0.25, 0.3) is 33.0 Å². The van der Waals surface area contributed by atoms with Gasteiger partial charge in [-0.05, 0) is 12.1 Å². The van der Waals surface area contributed by atoms with E-state index in [4.69, 9.17) is 11.6 Å². The maximum atomic E-state index is 12.6. The van der Waals surface area contributed by atoms with Crippen LogP contribution in [0.15, 0.2) is 52.9 Å². The fourth-order valence-electron chi connectivity index (χ4n) is 2.35. The van der Waals surface area contributed by atoms with Crippen molar-refractivity contribution in [3.05, 3.63) is 63.5 Å². The molecule has 0 fully saturated rings. The van der Waals surface area contributed by atoms with Crippen molar-refractivity contribution >= 4 is 33.2 Å². The summed E-state index contributed by atoms with van der Waals surface area (Å²) in [6, 6.07) is 9.14. The summed E-state index contributed by atoms with van der Waals surface area (Å²) >= 11 is 7.64. The first-order chi connectivity index (χ1) is 11.2. The van der Waals surface area contributed by atoms with Crippen molar-refractivity contribution in [1.29, 1.82) is 0 Å². The van der Waals surface area contributed by atoms with Crippen LogP contribution in [0.5, 0.6) is 0 Å². The fourth-order valence-corrected chi connectivity index (χ4v) is 3.53. The predicted octanol–water partition coefficient (Wildman–Crippen LogP) is 3.76. The molecule has 4 rings (SSSR count). The number of aromatic nitrogens is 4. The van der Waals surface area contributed by atoms with Gasteiger partial charge in [-0.25, -0.2) is 15.0 Å². The second-order valence-electron chi connectivity index (χ2n) is 4.80. The molecule has 0 bridgehead atoms. The third-order valence-corrected chi connectivity index (χ3v) is 4.59. The quantitative estimate of drug-likeness (QED) is 0.603. The Bertz CT molecular complexity index is 1060. The van der Waals surface area contributed by atoms with Crippen LogP contribution in [-0.2, 0) is 0 Å². The number of nitrogens with one attached hydrogen (secondary N) is 1. The van der Waals surface area contributed by atoms with Gasteiger partial charge in [0.05, 0.1) is 5.39 Å². The summed E-state index contributed by atoms with van der Waals surface area (Å²) in [4.78, 5) is 28.6. The van der Waals surface area contributed by atoms with Gasteiger partial charge in [-0.3, -0.25) is 4.79 Å². The largest absolute Gasteiger partial charge is 0.303 e. The standard InChI is InChI=1S/C16H9ClN4OS/c17-11-5-2-1-4-9(11)10-8-23-16-12(10)15(22)20-14(21-16)13-18-6-3-7-19-13/h1-8H,(H,20,21,22). The molecular weight excluding hydrogens is 332 g/mol. The van der Waals surface area contributed by atoms with E-state index in [2.05, 4.69) is 19.9 Å².